The Morgan fingerprint density at radius 3 is 2.94 bits per heavy atom. The van der Waals surface area contributed by atoms with E-state index >= 15 is 0 Å². The topological polar surface area (TPSA) is 108 Å². The summed E-state index contributed by atoms with van der Waals surface area (Å²) in [5, 5.41) is 18.0. The zero-order valence-corrected chi connectivity index (χ0v) is 9.85. The van der Waals surface area contributed by atoms with Crippen molar-refractivity contribution in [1.82, 2.24) is 14.5 Å². The fourth-order valence-electron chi connectivity index (χ4n) is 1.61. The zero-order valence-electron chi connectivity index (χ0n) is 9.03. The van der Waals surface area contributed by atoms with Crippen molar-refractivity contribution in [2.24, 2.45) is 0 Å². The highest BCUT2D eigenvalue weighted by atomic mass is 32.1. The molecule has 18 heavy (non-hydrogen) atoms. The Labute approximate surface area is 105 Å². The van der Waals surface area contributed by atoms with Crippen molar-refractivity contribution in [3.8, 4) is 0 Å². The van der Waals surface area contributed by atoms with Crippen LogP contribution in [0.15, 0.2) is 23.1 Å². The monoisotopic (exact) mass is 267 g/mol. The van der Waals surface area contributed by atoms with E-state index in [9.17, 15) is 9.59 Å². The maximum Gasteiger partial charge on any atom is 0.329 e. The van der Waals surface area contributed by atoms with Crippen molar-refractivity contribution in [2.45, 2.75) is 6.04 Å². The maximum absolute atomic E-state index is 12.1. The molecule has 0 unspecified atom stereocenters. The summed E-state index contributed by atoms with van der Waals surface area (Å²) in [4.78, 5) is 29.6. The van der Waals surface area contributed by atoms with Crippen molar-refractivity contribution < 1.29 is 15.0 Å². The summed E-state index contributed by atoms with van der Waals surface area (Å²) in [5.74, 6) is -1.34. The van der Waals surface area contributed by atoms with Crippen LogP contribution < -0.4 is 5.56 Å². The van der Waals surface area contributed by atoms with E-state index in [2.05, 4.69) is 9.97 Å². The summed E-state index contributed by atoms with van der Waals surface area (Å²) in [5.41, 5.74) is -0.146. The van der Waals surface area contributed by atoms with E-state index in [1.165, 1.54) is 6.20 Å². The minimum absolute atomic E-state index is 0.0676. The van der Waals surface area contributed by atoms with Crippen LogP contribution in [0.25, 0.3) is 11.0 Å². The fraction of sp³-hybridized carbons (Fsp3) is 0.200. The first-order valence-corrected chi connectivity index (χ1v) is 5.40. The first kappa shape index (κ1) is 12.4. The molecule has 2 aromatic heterocycles. The normalized spacial score (nSPS) is 12.5. The third-order valence-electron chi connectivity index (χ3n) is 2.46. The molecule has 0 bridgehead atoms. The van der Waals surface area contributed by atoms with Crippen molar-refractivity contribution in [3.63, 3.8) is 0 Å². The number of aliphatic hydroxyl groups is 1. The van der Waals surface area contributed by atoms with Crippen LogP contribution in [0.3, 0.4) is 0 Å². The van der Waals surface area contributed by atoms with Gasteiger partial charge in [-0.05, 0) is 24.4 Å². The van der Waals surface area contributed by atoms with E-state index in [0.29, 0.717) is 5.52 Å². The predicted molar refractivity (Wildman–Crippen MR) is 64.9 cm³/mol. The number of hydrogen-bond donors (Lipinski definition) is 3. The number of aromatic nitrogens is 3. The van der Waals surface area contributed by atoms with Crippen LogP contribution in [-0.4, -0.2) is 37.3 Å². The Kier molecular flexibility index (Phi) is 3.21. The smallest absolute Gasteiger partial charge is 0.329 e. The van der Waals surface area contributed by atoms with Crippen LogP contribution in [0.5, 0.6) is 0 Å². The van der Waals surface area contributed by atoms with Crippen LogP contribution in [0.1, 0.15) is 6.04 Å². The Morgan fingerprint density at radius 2 is 2.33 bits per heavy atom. The van der Waals surface area contributed by atoms with Gasteiger partial charge in [0.2, 0.25) is 0 Å². The van der Waals surface area contributed by atoms with Crippen LogP contribution in [0.2, 0.25) is 0 Å². The van der Waals surface area contributed by atoms with Gasteiger partial charge in [-0.2, -0.15) is 0 Å². The molecule has 0 aliphatic carbocycles. The van der Waals surface area contributed by atoms with Crippen molar-refractivity contribution >= 4 is 29.2 Å². The van der Waals surface area contributed by atoms with Crippen LogP contribution in [0.4, 0.5) is 0 Å². The maximum atomic E-state index is 12.1. The highest BCUT2D eigenvalue weighted by Gasteiger charge is 2.22. The molecule has 2 aromatic rings. The third kappa shape index (κ3) is 1.91. The average Bonchev–Trinajstić information content (AvgIpc) is 2.34. The fourth-order valence-corrected chi connectivity index (χ4v) is 1.93. The van der Waals surface area contributed by atoms with E-state index in [4.69, 9.17) is 22.4 Å². The second-order valence-electron chi connectivity index (χ2n) is 3.54. The molecular weight excluding hydrogens is 258 g/mol. The summed E-state index contributed by atoms with van der Waals surface area (Å²) >= 11 is 4.93. The van der Waals surface area contributed by atoms with Gasteiger partial charge >= 0.3 is 5.97 Å². The number of hydrogen-bond acceptors (Lipinski definition) is 5. The average molecular weight is 267 g/mol. The Hall–Kier alpha value is -2.06. The lowest BCUT2D eigenvalue weighted by atomic mass is 10.3. The molecular formula is C10H9N3O4S. The minimum atomic E-state index is -1.42. The molecule has 2 rings (SSSR count). The van der Waals surface area contributed by atoms with Gasteiger partial charge in [0.1, 0.15) is 0 Å². The molecule has 0 saturated heterocycles. The van der Waals surface area contributed by atoms with E-state index in [-0.39, 0.29) is 10.3 Å². The number of aromatic amines is 1. The number of nitrogens with zero attached hydrogens (tertiary/aromatic N) is 2. The number of pyridine rings is 1. The number of carbonyl (C=O) groups is 1. The molecule has 0 fully saturated rings. The van der Waals surface area contributed by atoms with Gasteiger partial charge in [0.05, 0.1) is 12.1 Å². The molecule has 0 spiro atoms. The van der Waals surface area contributed by atoms with Crippen LogP contribution >= 0.6 is 12.2 Å². The zero-order chi connectivity index (χ0) is 13.3. The second kappa shape index (κ2) is 4.67. The lowest BCUT2D eigenvalue weighted by molar-refractivity contribution is -0.142. The Morgan fingerprint density at radius 1 is 1.61 bits per heavy atom. The SMILES string of the molecule is O=C(O)[C@H](CO)n1c(=S)[nH]c2cccnc2c1=O. The van der Waals surface area contributed by atoms with Crippen molar-refractivity contribution in [3.05, 3.63) is 33.5 Å². The van der Waals surface area contributed by atoms with Gasteiger partial charge in [-0.1, -0.05) is 0 Å². The number of rotatable bonds is 3. The van der Waals surface area contributed by atoms with Crippen LogP contribution in [0, 0.1) is 4.77 Å². The second-order valence-corrected chi connectivity index (χ2v) is 3.93. The number of carboxylic acids is 1. The molecule has 1 atom stereocenters. The largest absolute Gasteiger partial charge is 0.480 e. The number of aliphatic carboxylic acids is 1. The van der Waals surface area contributed by atoms with Crippen molar-refractivity contribution in [2.75, 3.05) is 6.61 Å². The number of H-pyrrole nitrogens is 1. The van der Waals surface area contributed by atoms with Gasteiger partial charge in [0.15, 0.2) is 16.3 Å². The van der Waals surface area contributed by atoms with E-state index in [1.807, 2.05) is 0 Å². The highest BCUT2D eigenvalue weighted by molar-refractivity contribution is 7.71. The minimum Gasteiger partial charge on any atom is -0.480 e. The molecule has 7 nitrogen and oxygen atoms in total. The summed E-state index contributed by atoms with van der Waals surface area (Å²) in [6.07, 6.45) is 1.42. The lowest BCUT2D eigenvalue weighted by Gasteiger charge is -2.13. The first-order valence-electron chi connectivity index (χ1n) is 4.99. The first-order chi connectivity index (χ1) is 8.56. The number of carboxylic acid groups (broad SMARTS) is 1. The van der Waals surface area contributed by atoms with Gasteiger partial charge in [-0.15, -0.1) is 0 Å². The summed E-state index contributed by atoms with van der Waals surface area (Å²) in [6.45, 7) is -0.731. The predicted octanol–water partition coefficient (Wildman–Crippen LogP) is 0.0721. The lowest BCUT2D eigenvalue weighted by Crippen LogP contribution is -2.33. The molecule has 2 heterocycles. The number of nitrogens with one attached hydrogen (secondary N) is 1. The molecule has 3 N–H and O–H groups in total. The number of aliphatic hydroxyl groups excluding tert-OH is 1. The molecule has 8 heteroatoms. The summed E-state index contributed by atoms with van der Waals surface area (Å²) in [6, 6.07) is 1.81. The van der Waals surface area contributed by atoms with E-state index in [1.54, 1.807) is 12.1 Å². The van der Waals surface area contributed by atoms with E-state index in [0.717, 1.165) is 4.57 Å². The van der Waals surface area contributed by atoms with Gasteiger partial charge in [-0.3, -0.25) is 9.36 Å². The molecule has 0 radical (unpaired) electrons. The van der Waals surface area contributed by atoms with Gasteiger partial charge in [-0.25, -0.2) is 9.78 Å². The van der Waals surface area contributed by atoms with Crippen molar-refractivity contribution in [1.29, 1.82) is 0 Å². The molecule has 0 aliphatic rings. The van der Waals surface area contributed by atoms with Gasteiger partial charge < -0.3 is 15.2 Å². The Balaban J connectivity index is 2.84. The summed E-state index contributed by atoms with van der Waals surface area (Å²) in [7, 11) is 0. The molecule has 0 amide bonds. The molecule has 0 aliphatic heterocycles. The third-order valence-corrected chi connectivity index (χ3v) is 2.76. The standard InChI is InChI=1S/C10H9N3O4S/c14-4-6(9(16)17)13-8(15)7-5(12-10(13)18)2-1-3-11-7/h1-3,6,14H,4H2,(H,12,18)(H,16,17)/t6-/m0/s1. The summed E-state index contributed by atoms with van der Waals surface area (Å²) < 4.78 is 0.745. The van der Waals surface area contributed by atoms with Crippen LogP contribution in [-0.2, 0) is 4.79 Å². The number of fused-ring (bicyclic) bond motifs is 1. The highest BCUT2D eigenvalue weighted by Crippen LogP contribution is 2.08. The molecule has 94 valence electrons. The van der Waals surface area contributed by atoms with E-state index < -0.39 is 24.2 Å². The molecule has 0 saturated carbocycles. The van der Waals surface area contributed by atoms with Gasteiger partial charge in [0.25, 0.3) is 5.56 Å². The quantitative estimate of drug-likeness (QED) is 0.679. The molecule has 0 aromatic carbocycles. The Bertz CT molecular complexity index is 721. The van der Waals surface area contributed by atoms with Gasteiger partial charge in [0, 0.05) is 6.20 Å².